The minimum Gasteiger partial charge on any atom is -0.300 e. The molecule has 0 saturated carbocycles. The van der Waals surface area contributed by atoms with Gasteiger partial charge in [0.05, 0.1) is 0 Å². The average Bonchev–Trinajstić information content (AvgIpc) is 1.86. The quantitative estimate of drug-likeness (QED) is 0.516. The Morgan fingerprint density at radius 3 is 2.30 bits per heavy atom. The van der Waals surface area contributed by atoms with Gasteiger partial charge in [-0.15, -0.1) is 0 Å². The molecule has 0 amide bonds. The highest BCUT2D eigenvalue weighted by Crippen LogP contribution is 2.18. The van der Waals surface area contributed by atoms with E-state index in [1.165, 1.54) is 32.4 Å². The van der Waals surface area contributed by atoms with Crippen molar-refractivity contribution in [3.05, 3.63) is 0 Å². The van der Waals surface area contributed by atoms with E-state index in [-0.39, 0.29) is 0 Å². The third-order valence-electron chi connectivity index (χ3n) is 2.65. The van der Waals surface area contributed by atoms with Crippen LogP contribution in [-0.2, 0) is 0 Å². The molecule has 2 fully saturated rings. The summed E-state index contributed by atoms with van der Waals surface area (Å²) in [7, 11) is 0. The van der Waals surface area contributed by atoms with Crippen LogP contribution in [0, 0.1) is 0 Å². The molecule has 2 aliphatic rings. The summed E-state index contributed by atoms with van der Waals surface area (Å²) in [6.45, 7) is 4.93. The normalized spacial score (nSPS) is 30.0. The van der Waals surface area contributed by atoms with Crippen LogP contribution in [0.4, 0.5) is 0 Å². The molecule has 0 aromatic carbocycles. The van der Waals surface area contributed by atoms with Crippen molar-refractivity contribution in [2.24, 2.45) is 0 Å². The maximum Gasteiger partial charge on any atom is 0.0148 e. The Hall–Kier alpha value is -0.0800. The van der Waals surface area contributed by atoms with Crippen LogP contribution >= 0.6 is 0 Å². The summed E-state index contributed by atoms with van der Waals surface area (Å²) in [5.41, 5.74) is 0. The van der Waals surface area contributed by atoms with Gasteiger partial charge in [0, 0.05) is 19.1 Å². The minimum atomic E-state index is 0.895. The summed E-state index contributed by atoms with van der Waals surface area (Å²) in [5, 5.41) is 4.34. The van der Waals surface area contributed by atoms with Crippen LogP contribution in [0.25, 0.3) is 0 Å². The van der Waals surface area contributed by atoms with Crippen LogP contribution in [0.3, 0.4) is 0 Å². The highest BCUT2D eigenvalue weighted by molar-refractivity contribution is 4.81. The molecule has 0 bridgehead atoms. The molecule has 0 unspecified atom stereocenters. The largest absolute Gasteiger partial charge is 0.300 e. The maximum atomic E-state index is 4.34. The Labute approximate surface area is 62.6 Å². The fraction of sp³-hybridized carbons (Fsp3) is 1.00. The molecule has 57 valence electrons. The number of hydrogen-bond donors (Lipinski definition) is 0. The molecule has 2 aliphatic heterocycles. The van der Waals surface area contributed by atoms with Gasteiger partial charge in [0.25, 0.3) is 0 Å². The second-order valence-corrected chi connectivity index (χ2v) is 3.29. The second kappa shape index (κ2) is 2.89. The smallest absolute Gasteiger partial charge is 0.0148 e. The molecule has 0 aliphatic carbocycles. The predicted molar refractivity (Wildman–Crippen MR) is 41.1 cm³/mol. The van der Waals surface area contributed by atoms with Gasteiger partial charge in [-0.3, -0.25) is 0 Å². The first-order valence-corrected chi connectivity index (χ1v) is 4.34. The van der Waals surface area contributed by atoms with Crippen molar-refractivity contribution in [3.8, 4) is 0 Å². The van der Waals surface area contributed by atoms with Crippen molar-refractivity contribution < 1.29 is 0 Å². The lowest BCUT2D eigenvalue weighted by Crippen LogP contribution is -2.48. The van der Waals surface area contributed by atoms with Crippen molar-refractivity contribution in [3.63, 3.8) is 0 Å². The first kappa shape index (κ1) is 6.62. The Morgan fingerprint density at radius 2 is 1.80 bits per heavy atom. The van der Waals surface area contributed by atoms with Crippen molar-refractivity contribution >= 4 is 0 Å². The van der Waals surface area contributed by atoms with Crippen LogP contribution in [0.5, 0.6) is 0 Å². The first-order valence-electron chi connectivity index (χ1n) is 4.34. The van der Waals surface area contributed by atoms with E-state index >= 15 is 0 Å². The number of nitrogens with zero attached hydrogens (tertiary/aromatic N) is 2. The third kappa shape index (κ3) is 1.18. The van der Waals surface area contributed by atoms with Gasteiger partial charge in [-0.2, -0.15) is 0 Å². The van der Waals surface area contributed by atoms with Crippen LogP contribution in [0.1, 0.15) is 19.3 Å². The van der Waals surface area contributed by atoms with Gasteiger partial charge in [-0.05, 0) is 32.4 Å². The zero-order valence-electron chi connectivity index (χ0n) is 6.42. The molecule has 0 aromatic heterocycles. The molecule has 0 N–H and O–H groups in total. The average molecular weight is 139 g/mol. The molecule has 2 heteroatoms. The maximum absolute atomic E-state index is 4.34. The van der Waals surface area contributed by atoms with Crippen LogP contribution in [0.15, 0.2) is 0 Å². The van der Waals surface area contributed by atoms with Crippen molar-refractivity contribution in [1.29, 1.82) is 0 Å². The Bertz CT molecular complexity index is 104. The van der Waals surface area contributed by atoms with E-state index in [0.717, 1.165) is 19.1 Å². The lowest BCUT2D eigenvalue weighted by atomic mass is 10.0. The Morgan fingerprint density at radius 1 is 1.10 bits per heavy atom. The van der Waals surface area contributed by atoms with E-state index in [0.29, 0.717) is 0 Å². The summed E-state index contributed by atoms with van der Waals surface area (Å²) in [4.78, 5) is 2.61. The highest BCUT2D eigenvalue weighted by Gasteiger charge is 2.24. The number of rotatable bonds is 1. The van der Waals surface area contributed by atoms with E-state index in [1.807, 2.05) is 0 Å². The predicted octanol–water partition coefficient (Wildman–Crippen LogP) is 0.459. The first-order chi connectivity index (χ1) is 4.97. The summed E-state index contributed by atoms with van der Waals surface area (Å²) in [5.74, 6) is 0. The van der Waals surface area contributed by atoms with Gasteiger partial charge in [-0.25, -0.2) is 5.32 Å². The summed E-state index contributed by atoms with van der Waals surface area (Å²) >= 11 is 0. The standard InChI is InChI=1S/C8H15N2/c1-6-10(7-1)8-2-4-9-5-3-8/h8H,1-7H2. The molecule has 10 heavy (non-hydrogen) atoms. The number of piperidine rings is 1. The SMILES string of the molecule is C1CN(C2CC[N]CC2)C1. The lowest BCUT2D eigenvalue weighted by Gasteiger charge is -2.40. The van der Waals surface area contributed by atoms with Crippen LogP contribution in [0.2, 0.25) is 0 Å². The fourth-order valence-corrected chi connectivity index (χ4v) is 1.81. The molecule has 1 radical (unpaired) electrons. The monoisotopic (exact) mass is 139 g/mol. The van der Waals surface area contributed by atoms with Gasteiger partial charge < -0.3 is 4.90 Å². The van der Waals surface area contributed by atoms with Gasteiger partial charge in [0.2, 0.25) is 0 Å². The Balaban J connectivity index is 1.78. The molecule has 2 saturated heterocycles. The third-order valence-corrected chi connectivity index (χ3v) is 2.65. The fourth-order valence-electron chi connectivity index (χ4n) is 1.81. The van der Waals surface area contributed by atoms with E-state index < -0.39 is 0 Å². The van der Waals surface area contributed by atoms with Crippen molar-refractivity contribution in [2.45, 2.75) is 25.3 Å². The lowest BCUT2D eigenvalue weighted by molar-refractivity contribution is 0.0951. The van der Waals surface area contributed by atoms with Gasteiger partial charge in [-0.1, -0.05) is 0 Å². The number of hydrogen-bond acceptors (Lipinski definition) is 1. The van der Waals surface area contributed by atoms with E-state index in [4.69, 9.17) is 0 Å². The molecular weight excluding hydrogens is 124 g/mol. The van der Waals surface area contributed by atoms with Crippen LogP contribution in [-0.4, -0.2) is 37.1 Å². The van der Waals surface area contributed by atoms with Crippen molar-refractivity contribution in [2.75, 3.05) is 26.2 Å². The molecule has 0 aromatic rings. The van der Waals surface area contributed by atoms with Gasteiger partial charge in [0.15, 0.2) is 0 Å². The van der Waals surface area contributed by atoms with E-state index in [1.54, 1.807) is 0 Å². The van der Waals surface area contributed by atoms with Gasteiger partial charge in [0.1, 0.15) is 0 Å². The molecular formula is C8H15N2. The zero-order chi connectivity index (χ0) is 6.81. The highest BCUT2D eigenvalue weighted by atomic mass is 15.2. The van der Waals surface area contributed by atoms with Gasteiger partial charge >= 0.3 is 0 Å². The molecule has 0 spiro atoms. The number of likely N-dealkylation sites (tertiary alicyclic amines) is 1. The summed E-state index contributed by atoms with van der Waals surface area (Å²) in [6, 6.07) is 0.895. The topological polar surface area (TPSA) is 17.3 Å². The molecule has 2 nitrogen and oxygen atoms in total. The second-order valence-electron chi connectivity index (χ2n) is 3.29. The Kier molecular flexibility index (Phi) is 1.91. The summed E-state index contributed by atoms with van der Waals surface area (Å²) in [6.07, 6.45) is 4.06. The zero-order valence-corrected chi connectivity index (χ0v) is 6.42. The minimum absolute atomic E-state index is 0.895. The van der Waals surface area contributed by atoms with E-state index in [9.17, 15) is 0 Å². The van der Waals surface area contributed by atoms with E-state index in [2.05, 4.69) is 10.2 Å². The van der Waals surface area contributed by atoms with Crippen molar-refractivity contribution in [1.82, 2.24) is 10.2 Å². The molecule has 0 atom stereocenters. The molecule has 2 rings (SSSR count). The van der Waals surface area contributed by atoms with Crippen LogP contribution < -0.4 is 5.32 Å². The molecule has 2 heterocycles. The summed E-state index contributed by atoms with van der Waals surface area (Å²) < 4.78 is 0.